The summed E-state index contributed by atoms with van der Waals surface area (Å²) in [6, 6.07) is 4.86. The van der Waals surface area contributed by atoms with Gasteiger partial charge in [-0.2, -0.15) is 0 Å². The SMILES string of the molecule is CCCNC(c1cccnc1C)C1CCCCC1CC. The van der Waals surface area contributed by atoms with Crippen LogP contribution in [0, 0.1) is 18.8 Å². The molecule has 1 aliphatic carbocycles. The van der Waals surface area contributed by atoms with Crippen LogP contribution in [0.4, 0.5) is 0 Å². The summed E-state index contributed by atoms with van der Waals surface area (Å²) in [7, 11) is 0. The largest absolute Gasteiger partial charge is 0.310 e. The van der Waals surface area contributed by atoms with Crippen LogP contribution in [0.3, 0.4) is 0 Å². The van der Waals surface area contributed by atoms with E-state index in [1.807, 2.05) is 6.20 Å². The van der Waals surface area contributed by atoms with Crippen molar-refractivity contribution in [3.05, 3.63) is 29.6 Å². The number of nitrogens with zero attached hydrogens (tertiary/aromatic N) is 1. The molecular weight excluding hydrogens is 244 g/mol. The second kappa shape index (κ2) is 7.78. The number of aromatic nitrogens is 1. The van der Waals surface area contributed by atoms with E-state index in [2.05, 4.69) is 43.2 Å². The fourth-order valence-corrected chi connectivity index (χ4v) is 3.80. The van der Waals surface area contributed by atoms with E-state index in [1.165, 1.54) is 49.8 Å². The van der Waals surface area contributed by atoms with Crippen LogP contribution in [0.15, 0.2) is 18.3 Å². The van der Waals surface area contributed by atoms with Crippen molar-refractivity contribution < 1.29 is 0 Å². The molecule has 1 saturated carbocycles. The van der Waals surface area contributed by atoms with Gasteiger partial charge in [0.15, 0.2) is 0 Å². The molecule has 20 heavy (non-hydrogen) atoms. The maximum Gasteiger partial charge on any atom is 0.0420 e. The molecule has 0 amide bonds. The van der Waals surface area contributed by atoms with Crippen LogP contribution in [0.5, 0.6) is 0 Å². The molecule has 2 rings (SSSR count). The summed E-state index contributed by atoms with van der Waals surface area (Å²) >= 11 is 0. The lowest BCUT2D eigenvalue weighted by Crippen LogP contribution is -2.35. The number of pyridine rings is 1. The van der Waals surface area contributed by atoms with Crippen LogP contribution in [0.2, 0.25) is 0 Å². The van der Waals surface area contributed by atoms with E-state index < -0.39 is 0 Å². The van der Waals surface area contributed by atoms with Gasteiger partial charge in [0.05, 0.1) is 0 Å². The Labute approximate surface area is 124 Å². The molecule has 3 unspecified atom stereocenters. The van der Waals surface area contributed by atoms with Gasteiger partial charge in [0.1, 0.15) is 0 Å². The summed E-state index contributed by atoms with van der Waals surface area (Å²) in [4.78, 5) is 4.51. The molecule has 112 valence electrons. The van der Waals surface area contributed by atoms with Crippen LogP contribution in [-0.4, -0.2) is 11.5 Å². The van der Waals surface area contributed by atoms with Crippen LogP contribution in [-0.2, 0) is 0 Å². The van der Waals surface area contributed by atoms with E-state index in [-0.39, 0.29) is 0 Å². The standard InChI is InChI=1S/C18H30N2/c1-4-12-20-18(16-11-8-13-19-14(16)3)17-10-7-6-9-15(17)5-2/h8,11,13,15,17-18,20H,4-7,9-10,12H2,1-3H3. The smallest absolute Gasteiger partial charge is 0.0420 e. The third kappa shape index (κ3) is 3.60. The Kier molecular flexibility index (Phi) is 6.03. The zero-order valence-electron chi connectivity index (χ0n) is 13.4. The first-order valence-corrected chi connectivity index (χ1v) is 8.42. The minimum absolute atomic E-state index is 0.494. The van der Waals surface area contributed by atoms with Crippen molar-refractivity contribution in [2.75, 3.05) is 6.54 Å². The third-order valence-corrected chi connectivity index (χ3v) is 4.92. The Bertz CT molecular complexity index is 402. The second-order valence-corrected chi connectivity index (χ2v) is 6.23. The van der Waals surface area contributed by atoms with Gasteiger partial charge in [0.25, 0.3) is 0 Å². The van der Waals surface area contributed by atoms with Gasteiger partial charge in [-0.1, -0.05) is 45.6 Å². The summed E-state index contributed by atoms with van der Waals surface area (Å²) in [5, 5.41) is 3.82. The Morgan fingerprint density at radius 2 is 2.10 bits per heavy atom. The second-order valence-electron chi connectivity index (χ2n) is 6.23. The van der Waals surface area contributed by atoms with Gasteiger partial charge >= 0.3 is 0 Å². The lowest BCUT2D eigenvalue weighted by atomic mass is 9.72. The molecule has 0 aromatic carbocycles. The molecule has 0 aliphatic heterocycles. The summed E-state index contributed by atoms with van der Waals surface area (Å²) in [6.45, 7) is 7.86. The molecule has 1 aromatic heterocycles. The highest BCUT2D eigenvalue weighted by atomic mass is 14.9. The lowest BCUT2D eigenvalue weighted by molar-refractivity contribution is 0.175. The molecule has 3 atom stereocenters. The van der Waals surface area contributed by atoms with E-state index in [9.17, 15) is 0 Å². The lowest BCUT2D eigenvalue weighted by Gasteiger charge is -2.38. The molecule has 0 bridgehead atoms. The number of hydrogen-bond acceptors (Lipinski definition) is 2. The zero-order chi connectivity index (χ0) is 14.4. The quantitative estimate of drug-likeness (QED) is 0.817. The van der Waals surface area contributed by atoms with Gasteiger partial charge in [-0.3, -0.25) is 4.98 Å². The van der Waals surface area contributed by atoms with Crippen LogP contribution >= 0.6 is 0 Å². The highest BCUT2D eigenvalue weighted by molar-refractivity contribution is 5.23. The predicted molar refractivity (Wildman–Crippen MR) is 85.7 cm³/mol. The Morgan fingerprint density at radius 3 is 2.80 bits per heavy atom. The van der Waals surface area contributed by atoms with E-state index in [4.69, 9.17) is 0 Å². The Balaban J connectivity index is 2.24. The Morgan fingerprint density at radius 1 is 1.30 bits per heavy atom. The molecule has 2 nitrogen and oxygen atoms in total. The first kappa shape index (κ1) is 15.5. The molecule has 2 heteroatoms. The predicted octanol–water partition coefficient (Wildman–Crippen LogP) is 4.65. The molecule has 0 spiro atoms. The normalized spacial score (nSPS) is 24.6. The number of nitrogens with one attached hydrogen (secondary N) is 1. The number of hydrogen-bond donors (Lipinski definition) is 1. The van der Waals surface area contributed by atoms with Crippen molar-refractivity contribution in [3.8, 4) is 0 Å². The van der Waals surface area contributed by atoms with E-state index in [1.54, 1.807) is 0 Å². The van der Waals surface area contributed by atoms with Crippen molar-refractivity contribution in [3.63, 3.8) is 0 Å². The summed E-state index contributed by atoms with van der Waals surface area (Å²) in [6.07, 6.45) is 10.0. The van der Waals surface area contributed by atoms with Crippen molar-refractivity contribution in [2.24, 2.45) is 11.8 Å². The molecule has 0 saturated heterocycles. The van der Waals surface area contributed by atoms with Crippen molar-refractivity contribution in [2.45, 2.75) is 65.3 Å². The zero-order valence-corrected chi connectivity index (χ0v) is 13.4. The topological polar surface area (TPSA) is 24.9 Å². The van der Waals surface area contributed by atoms with Crippen LogP contribution in [0.25, 0.3) is 0 Å². The maximum absolute atomic E-state index is 4.51. The van der Waals surface area contributed by atoms with Gasteiger partial charge in [-0.05, 0) is 49.8 Å². The van der Waals surface area contributed by atoms with Crippen molar-refractivity contribution in [1.29, 1.82) is 0 Å². The van der Waals surface area contributed by atoms with Crippen LogP contribution in [0.1, 0.15) is 69.7 Å². The van der Waals surface area contributed by atoms with Gasteiger partial charge < -0.3 is 5.32 Å². The first-order chi connectivity index (χ1) is 9.77. The molecule has 1 N–H and O–H groups in total. The highest BCUT2D eigenvalue weighted by Crippen LogP contribution is 2.40. The molecular formula is C18H30N2. The molecule has 1 aromatic rings. The fraction of sp³-hybridized carbons (Fsp3) is 0.722. The third-order valence-electron chi connectivity index (χ3n) is 4.92. The van der Waals surface area contributed by atoms with E-state index in [0.717, 1.165) is 18.4 Å². The average molecular weight is 274 g/mol. The summed E-state index contributed by atoms with van der Waals surface area (Å²) in [5.74, 6) is 1.65. The van der Waals surface area contributed by atoms with Crippen molar-refractivity contribution >= 4 is 0 Å². The van der Waals surface area contributed by atoms with Gasteiger partial charge in [0, 0.05) is 17.9 Å². The monoisotopic (exact) mass is 274 g/mol. The maximum atomic E-state index is 4.51. The van der Waals surface area contributed by atoms with E-state index in [0.29, 0.717) is 6.04 Å². The average Bonchev–Trinajstić information content (AvgIpc) is 2.49. The summed E-state index contributed by atoms with van der Waals surface area (Å²) in [5.41, 5.74) is 2.62. The number of rotatable bonds is 6. The molecule has 0 radical (unpaired) electrons. The number of aryl methyl sites for hydroxylation is 1. The van der Waals surface area contributed by atoms with Crippen molar-refractivity contribution in [1.82, 2.24) is 10.3 Å². The van der Waals surface area contributed by atoms with E-state index >= 15 is 0 Å². The minimum Gasteiger partial charge on any atom is -0.310 e. The molecule has 1 heterocycles. The summed E-state index contributed by atoms with van der Waals surface area (Å²) < 4.78 is 0. The molecule has 1 fully saturated rings. The minimum atomic E-state index is 0.494. The van der Waals surface area contributed by atoms with Gasteiger partial charge in [0.2, 0.25) is 0 Å². The van der Waals surface area contributed by atoms with Crippen LogP contribution < -0.4 is 5.32 Å². The Hall–Kier alpha value is -0.890. The first-order valence-electron chi connectivity index (χ1n) is 8.42. The van der Waals surface area contributed by atoms with Gasteiger partial charge in [-0.25, -0.2) is 0 Å². The fourth-order valence-electron chi connectivity index (χ4n) is 3.80. The molecule has 1 aliphatic rings. The highest BCUT2D eigenvalue weighted by Gasteiger charge is 2.32. The van der Waals surface area contributed by atoms with Gasteiger partial charge in [-0.15, -0.1) is 0 Å².